The van der Waals surface area contributed by atoms with Crippen LogP contribution in [-0.4, -0.2) is 31.1 Å². The highest BCUT2D eigenvalue weighted by Gasteiger charge is 2.08. The summed E-state index contributed by atoms with van der Waals surface area (Å²) in [6.45, 7) is 0.325. The molecule has 0 bridgehead atoms. The van der Waals surface area contributed by atoms with E-state index in [2.05, 4.69) is 36.5 Å². The van der Waals surface area contributed by atoms with Crippen LogP contribution < -0.4 is 5.32 Å². The number of aromatic nitrogens is 5. The van der Waals surface area contributed by atoms with Crippen molar-refractivity contribution in [1.29, 1.82) is 0 Å². The van der Waals surface area contributed by atoms with Crippen LogP contribution in [0, 0.1) is 0 Å². The van der Waals surface area contributed by atoms with Gasteiger partial charge in [-0.05, 0) is 24.3 Å². The first kappa shape index (κ1) is 15.3. The molecule has 0 atom stereocenters. The maximum atomic E-state index is 11.8. The molecule has 2 N–H and O–H groups in total. The summed E-state index contributed by atoms with van der Waals surface area (Å²) in [5.74, 6) is 1.08. The monoisotopic (exact) mass is 328 g/mol. The quantitative estimate of drug-likeness (QED) is 0.691. The molecule has 3 aromatic heterocycles. The smallest absolute Gasteiger partial charge is 0.220 e. The first-order valence-corrected chi connectivity index (χ1v) is 8.16. The predicted molar refractivity (Wildman–Crippen MR) is 86.5 cm³/mol. The Balaban J connectivity index is 1.43. The van der Waals surface area contributed by atoms with Gasteiger partial charge in [-0.2, -0.15) is 5.10 Å². The number of aromatic amines is 1. The normalized spacial score (nSPS) is 10.6. The molecule has 0 saturated heterocycles. The lowest BCUT2D eigenvalue weighted by Crippen LogP contribution is -2.23. The lowest BCUT2D eigenvalue weighted by atomic mass is 10.2. The van der Waals surface area contributed by atoms with Crippen molar-refractivity contribution in [3.05, 3.63) is 46.8 Å². The maximum Gasteiger partial charge on any atom is 0.220 e. The lowest BCUT2D eigenvalue weighted by molar-refractivity contribution is -0.121. The average molecular weight is 328 g/mol. The molecular weight excluding hydrogens is 312 g/mol. The SMILES string of the molecule is O=C(CCCc1cccs1)NCc1nc(-c2cnccn2)n[nH]1. The van der Waals surface area contributed by atoms with Gasteiger partial charge in [0.2, 0.25) is 11.7 Å². The molecule has 0 unspecified atom stereocenters. The van der Waals surface area contributed by atoms with E-state index in [1.54, 1.807) is 29.9 Å². The molecule has 0 aliphatic carbocycles. The van der Waals surface area contributed by atoms with Gasteiger partial charge in [0.15, 0.2) is 0 Å². The minimum Gasteiger partial charge on any atom is -0.349 e. The van der Waals surface area contributed by atoms with Gasteiger partial charge in [0.05, 0.1) is 12.7 Å². The van der Waals surface area contributed by atoms with Crippen LogP contribution in [0.2, 0.25) is 0 Å². The zero-order chi connectivity index (χ0) is 15.9. The Hall–Kier alpha value is -2.61. The molecule has 0 aliphatic rings. The van der Waals surface area contributed by atoms with E-state index in [0.717, 1.165) is 12.8 Å². The third-order valence-electron chi connectivity index (χ3n) is 3.18. The number of amides is 1. The van der Waals surface area contributed by atoms with Crippen molar-refractivity contribution in [1.82, 2.24) is 30.5 Å². The summed E-state index contributed by atoms with van der Waals surface area (Å²) in [6.07, 6.45) is 7.05. The number of nitrogens with zero attached hydrogens (tertiary/aromatic N) is 4. The van der Waals surface area contributed by atoms with Crippen LogP contribution in [0.3, 0.4) is 0 Å². The fourth-order valence-electron chi connectivity index (χ4n) is 2.05. The molecule has 3 rings (SSSR count). The minimum absolute atomic E-state index is 0.0130. The molecule has 1 amide bonds. The van der Waals surface area contributed by atoms with Crippen LogP contribution in [-0.2, 0) is 17.8 Å². The molecule has 7 nitrogen and oxygen atoms in total. The molecule has 8 heteroatoms. The highest BCUT2D eigenvalue weighted by Crippen LogP contribution is 2.12. The summed E-state index contributed by atoms with van der Waals surface area (Å²) >= 11 is 1.72. The molecule has 118 valence electrons. The van der Waals surface area contributed by atoms with E-state index in [4.69, 9.17) is 0 Å². The van der Waals surface area contributed by atoms with Crippen LogP contribution >= 0.6 is 11.3 Å². The molecule has 0 aliphatic heterocycles. The van der Waals surface area contributed by atoms with E-state index in [-0.39, 0.29) is 5.91 Å². The maximum absolute atomic E-state index is 11.8. The topological polar surface area (TPSA) is 96.5 Å². The minimum atomic E-state index is 0.0130. The summed E-state index contributed by atoms with van der Waals surface area (Å²) in [7, 11) is 0. The van der Waals surface area contributed by atoms with Gasteiger partial charge in [0.1, 0.15) is 11.5 Å². The number of hydrogen-bond donors (Lipinski definition) is 2. The first-order chi connectivity index (χ1) is 11.3. The Morgan fingerprint density at radius 1 is 1.35 bits per heavy atom. The number of thiophene rings is 1. The van der Waals surface area contributed by atoms with Crippen LogP contribution in [0.5, 0.6) is 0 Å². The second-order valence-electron chi connectivity index (χ2n) is 4.91. The van der Waals surface area contributed by atoms with E-state index >= 15 is 0 Å². The van der Waals surface area contributed by atoms with Crippen molar-refractivity contribution in [3.63, 3.8) is 0 Å². The van der Waals surface area contributed by atoms with Crippen molar-refractivity contribution in [2.75, 3.05) is 0 Å². The number of nitrogens with one attached hydrogen (secondary N) is 2. The van der Waals surface area contributed by atoms with Crippen molar-refractivity contribution >= 4 is 17.2 Å². The van der Waals surface area contributed by atoms with Gasteiger partial charge in [-0.15, -0.1) is 11.3 Å². The molecule has 0 saturated carbocycles. The zero-order valence-electron chi connectivity index (χ0n) is 12.4. The second-order valence-corrected chi connectivity index (χ2v) is 5.94. The molecule has 0 fully saturated rings. The molecule has 23 heavy (non-hydrogen) atoms. The predicted octanol–water partition coefficient (Wildman–Crippen LogP) is 1.96. The molecule has 0 spiro atoms. The molecule has 3 heterocycles. The van der Waals surface area contributed by atoms with Crippen LogP contribution in [0.1, 0.15) is 23.5 Å². The van der Waals surface area contributed by atoms with Crippen molar-refractivity contribution < 1.29 is 4.79 Å². The second kappa shape index (κ2) is 7.59. The van der Waals surface area contributed by atoms with Gasteiger partial charge >= 0.3 is 0 Å². The summed E-state index contributed by atoms with van der Waals surface area (Å²) in [6, 6.07) is 4.11. The zero-order valence-corrected chi connectivity index (χ0v) is 13.2. The van der Waals surface area contributed by atoms with Crippen molar-refractivity contribution in [2.24, 2.45) is 0 Å². The van der Waals surface area contributed by atoms with E-state index in [9.17, 15) is 4.79 Å². The summed E-state index contributed by atoms with van der Waals surface area (Å²) in [5.41, 5.74) is 0.595. The van der Waals surface area contributed by atoms with Gasteiger partial charge in [-0.3, -0.25) is 14.9 Å². The lowest BCUT2D eigenvalue weighted by Gasteiger charge is -2.02. The van der Waals surface area contributed by atoms with Gasteiger partial charge < -0.3 is 5.32 Å². The third kappa shape index (κ3) is 4.43. The van der Waals surface area contributed by atoms with E-state index in [1.807, 2.05) is 11.4 Å². The molecule has 0 aromatic carbocycles. The Labute approximate surface area is 137 Å². The highest BCUT2D eigenvalue weighted by molar-refractivity contribution is 7.09. The van der Waals surface area contributed by atoms with E-state index in [0.29, 0.717) is 30.3 Å². The molecule has 0 radical (unpaired) electrons. The Kier molecular flexibility index (Phi) is 5.05. The number of aryl methyl sites for hydroxylation is 1. The van der Waals surface area contributed by atoms with Gasteiger partial charge in [0, 0.05) is 23.7 Å². The van der Waals surface area contributed by atoms with Crippen LogP contribution in [0.15, 0.2) is 36.1 Å². The van der Waals surface area contributed by atoms with Gasteiger partial charge in [-0.25, -0.2) is 9.97 Å². The number of carbonyl (C=O) groups is 1. The Bertz CT molecular complexity index is 740. The van der Waals surface area contributed by atoms with Crippen LogP contribution in [0.4, 0.5) is 0 Å². The highest BCUT2D eigenvalue weighted by atomic mass is 32.1. The van der Waals surface area contributed by atoms with E-state index in [1.165, 1.54) is 4.88 Å². The summed E-state index contributed by atoms with van der Waals surface area (Å²) < 4.78 is 0. The third-order valence-corrected chi connectivity index (χ3v) is 4.12. The average Bonchev–Trinajstić information content (AvgIpc) is 3.25. The largest absolute Gasteiger partial charge is 0.349 e. The standard InChI is InChI=1S/C15H16N6OS/c22-14(5-1-3-11-4-2-8-23-11)18-10-13-19-15(21-20-13)12-9-16-6-7-17-12/h2,4,6-9H,1,3,5,10H2,(H,18,22)(H,19,20,21). The number of hydrogen-bond acceptors (Lipinski definition) is 6. The summed E-state index contributed by atoms with van der Waals surface area (Å²) in [5, 5.41) is 11.8. The summed E-state index contributed by atoms with van der Waals surface area (Å²) in [4.78, 5) is 25.5. The number of rotatable bonds is 7. The van der Waals surface area contributed by atoms with Gasteiger partial charge in [-0.1, -0.05) is 6.07 Å². The Morgan fingerprint density at radius 2 is 2.30 bits per heavy atom. The van der Waals surface area contributed by atoms with Crippen LogP contribution in [0.25, 0.3) is 11.5 Å². The molecular formula is C15H16N6OS. The number of carbonyl (C=O) groups excluding carboxylic acids is 1. The fraction of sp³-hybridized carbons (Fsp3) is 0.267. The fourth-order valence-corrected chi connectivity index (χ4v) is 2.80. The van der Waals surface area contributed by atoms with Crippen molar-refractivity contribution in [2.45, 2.75) is 25.8 Å². The Morgan fingerprint density at radius 3 is 3.09 bits per heavy atom. The van der Waals surface area contributed by atoms with E-state index < -0.39 is 0 Å². The molecule has 3 aromatic rings. The van der Waals surface area contributed by atoms with Gasteiger partial charge in [0.25, 0.3) is 0 Å². The van der Waals surface area contributed by atoms with Crippen molar-refractivity contribution in [3.8, 4) is 11.5 Å². The first-order valence-electron chi connectivity index (χ1n) is 7.28. The number of H-pyrrole nitrogens is 1.